The molecule has 1 N–H and O–H groups in total. The molecule has 2 unspecified atom stereocenters. The molecule has 5 nitrogen and oxygen atoms in total. The second kappa shape index (κ2) is 8.49. The van der Waals surface area contributed by atoms with E-state index >= 15 is 0 Å². The summed E-state index contributed by atoms with van der Waals surface area (Å²) in [6.07, 6.45) is -5.89. The van der Waals surface area contributed by atoms with Crippen LogP contribution in [0.3, 0.4) is 0 Å². The van der Waals surface area contributed by atoms with E-state index < -0.39 is 40.7 Å². The summed E-state index contributed by atoms with van der Waals surface area (Å²) in [5.41, 5.74) is 0.550. The van der Waals surface area contributed by atoms with E-state index in [9.17, 15) is 31.9 Å². The predicted molar refractivity (Wildman–Crippen MR) is 96.0 cm³/mol. The maximum atomic E-state index is 13.6. The van der Waals surface area contributed by atoms with Gasteiger partial charge in [-0.05, 0) is 47.8 Å². The molecule has 2 aromatic rings. The molecule has 2 aromatic carbocycles. The number of hydrogen-bond acceptors (Lipinski definition) is 4. The van der Waals surface area contributed by atoms with E-state index in [2.05, 4.69) is 4.36 Å². The van der Waals surface area contributed by atoms with Crippen LogP contribution in [0.5, 0.6) is 11.5 Å². The molecule has 0 fully saturated rings. The van der Waals surface area contributed by atoms with Crippen molar-refractivity contribution in [3.05, 3.63) is 52.8 Å². The Bertz CT molecular complexity index is 1080. The second-order valence-electron chi connectivity index (χ2n) is 6.27. The van der Waals surface area contributed by atoms with Gasteiger partial charge in [0, 0.05) is 22.1 Å². The van der Waals surface area contributed by atoms with E-state index in [1.807, 2.05) is 0 Å². The largest absolute Gasteiger partial charge is 0.474 e. The zero-order chi connectivity index (χ0) is 22.1. The first kappa shape index (κ1) is 21.9. The summed E-state index contributed by atoms with van der Waals surface area (Å²) < 4.78 is 73.3. The normalized spacial score (nSPS) is 16.8. The average Bonchev–Trinajstić information content (AvgIpc) is 3.07. The number of nitriles is 1. The topological polar surface area (TPSA) is 82.7 Å². The zero-order valence-corrected chi connectivity index (χ0v) is 15.9. The minimum absolute atomic E-state index is 0.00400. The Kier molecular flexibility index (Phi) is 6.19. The van der Waals surface area contributed by atoms with E-state index in [4.69, 9.17) is 10.00 Å². The van der Waals surface area contributed by atoms with Crippen LogP contribution in [0.25, 0.3) is 0 Å². The Morgan fingerprint density at radius 3 is 2.70 bits per heavy atom. The minimum Gasteiger partial charge on any atom is -0.457 e. The van der Waals surface area contributed by atoms with E-state index in [0.29, 0.717) is 5.56 Å². The Labute approximate surface area is 169 Å². The van der Waals surface area contributed by atoms with Gasteiger partial charge in [-0.1, -0.05) is 0 Å². The summed E-state index contributed by atoms with van der Waals surface area (Å²) in [6.45, 7) is 0. The summed E-state index contributed by atoms with van der Waals surface area (Å²) >= 11 is 0. The van der Waals surface area contributed by atoms with Crippen molar-refractivity contribution in [3.8, 4) is 17.6 Å². The molecule has 1 aliphatic rings. The van der Waals surface area contributed by atoms with Gasteiger partial charge in [-0.3, -0.25) is 4.79 Å². The van der Waals surface area contributed by atoms with Crippen LogP contribution < -0.4 is 4.74 Å². The number of carbonyl (C=O) groups is 1. The molecule has 0 saturated heterocycles. The van der Waals surface area contributed by atoms with Gasteiger partial charge in [-0.2, -0.15) is 22.8 Å². The fourth-order valence-electron chi connectivity index (χ4n) is 3.07. The predicted octanol–water partition coefficient (Wildman–Crippen LogP) is 4.65. The lowest BCUT2D eigenvalue weighted by Crippen LogP contribution is -2.21. The lowest BCUT2D eigenvalue weighted by atomic mass is 10.1. The Balaban J connectivity index is 2.05. The second-order valence-corrected chi connectivity index (χ2v) is 7.84. The quantitative estimate of drug-likeness (QED) is 0.697. The van der Waals surface area contributed by atoms with Crippen molar-refractivity contribution < 1.29 is 36.6 Å². The highest BCUT2D eigenvalue weighted by molar-refractivity contribution is 7.87. The molecule has 0 aliphatic heterocycles. The average molecular weight is 444 g/mol. The monoisotopic (exact) mass is 444 g/mol. The highest BCUT2D eigenvalue weighted by Crippen LogP contribution is 2.42. The van der Waals surface area contributed by atoms with Gasteiger partial charge in [0.25, 0.3) is 0 Å². The Morgan fingerprint density at radius 1 is 1.33 bits per heavy atom. The van der Waals surface area contributed by atoms with Crippen LogP contribution in [-0.2, 0) is 21.9 Å². The van der Waals surface area contributed by atoms with Gasteiger partial charge in [0.15, 0.2) is 6.01 Å². The van der Waals surface area contributed by atoms with Gasteiger partial charge in [-0.25, -0.2) is 8.78 Å². The molecule has 0 radical (unpaired) electrons. The van der Waals surface area contributed by atoms with Crippen molar-refractivity contribution in [2.24, 2.45) is 4.36 Å². The third kappa shape index (κ3) is 4.49. The minimum atomic E-state index is -5.24. The summed E-state index contributed by atoms with van der Waals surface area (Å²) in [4.78, 5) is 11.2. The van der Waals surface area contributed by atoms with Gasteiger partial charge in [0.1, 0.15) is 17.3 Å². The molecule has 0 bridgehead atoms. The standard InChI is InChI=1S/C19H13F5N2O3S/c20-9-30(26-18(28)19(22,23)24)16-4-3-15(13-1-2-14(27)17(13)16)29-12-6-10(8-25)5-11(21)7-12/h3-7,14,27H,1-2,9H2. The number of hydrogen-bond donors (Lipinski definition) is 1. The summed E-state index contributed by atoms with van der Waals surface area (Å²) in [7, 11) is -2.07. The number of halogens is 5. The molecule has 1 amide bonds. The fraction of sp³-hybridized carbons (Fsp3) is 0.263. The molecule has 30 heavy (non-hydrogen) atoms. The van der Waals surface area contributed by atoms with Crippen LogP contribution >= 0.6 is 0 Å². The van der Waals surface area contributed by atoms with Crippen molar-refractivity contribution in [2.75, 3.05) is 6.01 Å². The van der Waals surface area contributed by atoms with Crippen LogP contribution in [0, 0.1) is 17.1 Å². The van der Waals surface area contributed by atoms with Crippen LogP contribution in [0.2, 0.25) is 0 Å². The highest BCUT2D eigenvalue weighted by atomic mass is 32.2. The van der Waals surface area contributed by atoms with Crippen LogP contribution in [-0.4, -0.2) is 23.2 Å². The lowest BCUT2D eigenvalue weighted by Gasteiger charge is -2.16. The van der Waals surface area contributed by atoms with Gasteiger partial charge >= 0.3 is 12.1 Å². The molecule has 11 heteroatoms. The molecule has 0 saturated carbocycles. The number of carbonyl (C=O) groups excluding carboxylic acids is 1. The third-order valence-electron chi connectivity index (χ3n) is 4.30. The molecule has 2 atom stereocenters. The smallest absolute Gasteiger partial charge is 0.457 e. The van der Waals surface area contributed by atoms with Crippen molar-refractivity contribution in [2.45, 2.75) is 30.0 Å². The zero-order valence-electron chi connectivity index (χ0n) is 15.0. The molecule has 0 aromatic heterocycles. The fourth-order valence-corrected chi connectivity index (χ4v) is 4.38. The molecule has 3 rings (SSSR count). The first-order chi connectivity index (χ1) is 14.1. The van der Waals surface area contributed by atoms with Crippen molar-refractivity contribution in [3.63, 3.8) is 0 Å². The SMILES string of the molecule is N#Cc1cc(F)cc(Oc2ccc(S(CF)=NC(=O)C(F)(F)F)c3c2CCC3O)c1. The molecule has 0 spiro atoms. The molecular formula is C19H13F5N2O3S. The molecule has 1 aliphatic carbocycles. The third-order valence-corrected chi connectivity index (χ3v) is 5.75. The van der Waals surface area contributed by atoms with E-state index in [1.165, 1.54) is 18.2 Å². The van der Waals surface area contributed by atoms with Gasteiger partial charge in [-0.15, -0.1) is 0 Å². The molecule has 158 valence electrons. The van der Waals surface area contributed by atoms with Gasteiger partial charge < -0.3 is 9.84 Å². The summed E-state index contributed by atoms with van der Waals surface area (Å²) in [6, 6.07) is 6.32. The van der Waals surface area contributed by atoms with E-state index in [0.717, 1.165) is 12.1 Å². The Hall–Kier alpha value is -2.84. The number of aliphatic hydroxyl groups excluding tert-OH is 1. The van der Waals surface area contributed by atoms with E-state index in [1.54, 1.807) is 6.07 Å². The molecular weight excluding hydrogens is 431 g/mol. The highest BCUT2D eigenvalue weighted by Gasteiger charge is 2.39. The van der Waals surface area contributed by atoms with Crippen LogP contribution in [0.1, 0.15) is 29.2 Å². The van der Waals surface area contributed by atoms with Crippen LogP contribution in [0.4, 0.5) is 22.0 Å². The number of ether oxygens (including phenoxy) is 1. The first-order valence-electron chi connectivity index (χ1n) is 8.46. The summed E-state index contributed by atoms with van der Waals surface area (Å²) in [5, 5.41) is 19.2. The number of fused-ring (bicyclic) bond motifs is 1. The van der Waals surface area contributed by atoms with Crippen molar-refractivity contribution in [1.29, 1.82) is 5.26 Å². The number of rotatable bonds is 4. The molecule has 0 heterocycles. The number of amides is 1. The number of benzene rings is 2. The van der Waals surface area contributed by atoms with Gasteiger partial charge in [0.05, 0.1) is 17.7 Å². The van der Waals surface area contributed by atoms with Gasteiger partial charge in [0.2, 0.25) is 0 Å². The lowest BCUT2D eigenvalue weighted by molar-refractivity contribution is -0.169. The Morgan fingerprint density at radius 2 is 2.07 bits per heavy atom. The van der Waals surface area contributed by atoms with E-state index in [-0.39, 0.29) is 40.4 Å². The van der Waals surface area contributed by atoms with Crippen LogP contribution in [0.15, 0.2) is 39.6 Å². The summed E-state index contributed by atoms with van der Waals surface area (Å²) in [5.74, 6) is -2.94. The maximum Gasteiger partial charge on any atom is 0.474 e. The number of nitrogens with zero attached hydrogens (tertiary/aromatic N) is 2. The number of aliphatic hydroxyl groups is 1. The van der Waals surface area contributed by atoms with Crippen molar-refractivity contribution >= 4 is 16.6 Å². The maximum absolute atomic E-state index is 13.6. The van der Waals surface area contributed by atoms with Crippen molar-refractivity contribution in [1.82, 2.24) is 0 Å². The number of alkyl halides is 4. The first-order valence-corrected chi connectivity index (χ1v) is 9.81.